The molecule has 5 nitrogen and oxygen atoms in total. The lowest BCUT2D eigenvalue weighted by molar-refractivity contribution is -0.113. The van der Waals surface area contributed by atoms with Crippen LogP contribution in [0.5, 0.6) is 0 Å². The Morgan fingerprint density at radius 3 is 2.85 bits per heavy atom. The highest BCUT2D eigenvalue weighted by atomic mass is 32.2. The highest BCUT2D eigenvalue weighted by Gasteiger charge is 2.16. The van der Waals surface area contributed by atoms with Crippen LogP contribution >= 0.6 is 23.1 Å². The molecule has 0 saturated heterocycles. The number of anilines is 1. The van der Waals surface area contributed by atoms with E-state index < -0.39 is 17.5 Å². The molecule has 0 aliphatic carbocycles. The first kappa shape index (κ1) is 18.5. The number of nitrogens with one attached hydrogen (secondary N) is 1. The Hall–Kier alpha value is -2.26. The summed E-state index contributed by atoms with van der Waals surface area (Å²) in [6.45, 7) is 2.79. The van der Waals surface area contributed by atoms with Gasteiger partial charge in [0.2, 0.25) is 5.91 Å². The summed E-state index contributed by atoms with van der Waals surface area (Å²) in [5, 5.41) is 13.4. The molecule has 0 fully saturated rings. The van der Waals surface area contributed by atoms with Crippen molar-refractivity contribution in [3.63, 3.8) is 0 Å². The number of benzene rings is 1. The molecular formula is C17H16F2N4OS2. The van der Waals surface area contributed by atoms with Crippen LogP contribution < -0.4 is 5.32 Å². The quantitative estimate of drug-likeness (QED) is 0.603. The summed E-state index contributed by atoms with van der Waals surface area (Å²) in [4.78, 5) is 13.1. The number of aromatic nitrogens is 3. The lowest BCUT2D eigenvalue weighted by Crippen LogP contribution is -2.15. The molecule has 0 spiro atoms. The highest BCUT2D eigenvalue weighted by Crippen LogP contribution is 2.27. The fraction of sp³-hybridized carbons (Fsp3) is 0.235. The fourth-order valence-corrected chi connectivity index (χ4v) is 3.80. The first-order chi connectivity index (χ1) is 12.6. The van der Waals surface area contributed by atoms with Crippen LogP contribution in [0, 0.1) is 11.6 Å². The Bertz CT molecular complexity index is 896. The van der Waals surface area contributed by atoms with Crippen LogP contribution in [0.1, 0.15) is 13.3 Å². The van der Waals surface area contributed by atoms with Crippen LogP contribution in [-0.4, -0.2) is 26.4 Å². The Morgan fingerprint density at radius 2 is 2.15 bits per heavy atom. The highest BCUT2D eigenvalue weighted by molar-refractivity contribution is 7.99. The third kappa shape index (κ3) is 4.28. The first-order valence-electron chi connectivity index (χ1n) is 7.93. The molecule has 0 unspecified atom stereocenters. The zero-order valence-electron chi connectivity index (χ0n) is 13.9. The summed E-state index contributed by atoms with van der Waals surface area (Å²) in [5.41, 5.74) is -0.0497. The smallest absolute Gasteiger partial charge is 0.234 e. The van der Waals surface area contributed by atoms with E-state index in [1.165, 1.54) is 17.8 Å². The molecule has 2 heterocycles. The van der Waals surface area contributed by atoms with E-state index >= 15 is 0 Å². The molecule has 0 aliphatic heterocycles. The van der Waals surface area contributed by atoms with Crippen molar-refractivity contribution < 1.29 is 13.6 Å². The van der Waals surface area contributed by atoms with Crippen molar-refractivity contribution in [1.29, 1.82) is 0 Å². The Morgan fingerprint density at radius 1 is 1.31 bits per heavy atom. The number of halogens is 2. The number of hydrogen-bond acceptors (Lipinski definition) is 5. The molecule has 0 radical (unpaired) electrons. The van der Waals surface area contributed by atoms with E-state index in [4.69, 9.17) is 0 Å². The van der Waals surface area contributed by atoms with E-state index in [-0.39, 0.29) is 11.4 Å². The molecule has 3 aromatic rings. The van der Waals surface area contributed by atoms with Gasteiger partial charge in [-0.3, -0.25) is 4.79 Å². The number of amides is 1. The van der Waals surface area contributed by atoms with E-state index in [9.17, 15) is 13.6 Å². The van der Waals surface area contributed by atoms with Crippen LogP contribution in [0.15, 0.2) is 40.9 Å². The van der Waals surface area contributed by atoms with Gasteiger partial charge in [-0.25, -0.2) is 8.78 Å². The van der Waals surface area contributed by atoms with Gasteiger partial charge in [0.25, 0.3) is 0 Å². The predicted octanol–water partition coefficient (Wildman–Crippen LogP) is 4.43. The largest absolute Gasteiger partial charge is 0.323 e. The van der Waals surface area contributed by atoms with Gasteiger partial charge in [0.05, 0.1) is 16.3 Å². The monoisotopic (exact) mass is 394 g/mol. The molecular weight excluding hydrogens is 378 g/mol. The second kappa shape index (κ2) is 8.41. The van der Waals surface area contributed by atoms with Crippen molar-refractivity contribution in [2.24, 2.45) is 0 Å². The molecule has 1 aromatic carbocycles. The number of thiophene rings is 1. The summed E-state index contributed by atoms with van der Waals surface area (Å²) in [5.74, 6) is -1.08. The van der Waals surface area contributed by atoms with E-state index in [2.05, 4.69) is 22.4 Å². The normalized spacial score (nSPS) is 10.9. The van der Waals surface area contributed by atoms with E-state index in [1.54, 1.807) is 11.3 Å². The van der Waals surface area contributed by atoms with Gasteiger partial charge in [0.1, 0.15) is 11.6 Å². The van der Waals surface area contributed by atoms with Gasteiger partial charge < -0.3 is 9.88 Å². The first-order valence-corrected chi connectivity index (χ1v) is 9.79. The summed E-state index contributed by atoms with van der Waals surface area (Å²) in [6, 6.07) is 6.94. The van der Waals surface area contributed by atoms with Gasteiger partial charge >= 0.3 is 0 Å². The van der Waals surface area contributed by atoms with Gasteiger partial charge in [0.15, 0.2) is 11.0 Å². The Labute approximate surface area is 157 Å². The van der Waals surface area contributed by atoms with Gasteiger partial charge in [-0.15, -0.1) is 21.5 Å². The van der Waals surface area contributed by atoms with E-state index in [0.717, 1.165) is 35.8 Å². The molecule has 0 bridgehead atoms. The summed E-state index contributed by atoms with van der Waals surface area (Å²) < 4.78 is 28.5. The summed E-state index contributed by atoms with van der Waals surface area (Å²) in [7, 11) is 0. The minimum absolute atomic E-state index is 0.0447. The molecule has 1 N–H and O–H groups in total. The van der Waals surface area contributed by atoms with Gasteiger partial charge in [-0.2, -0.15) is 0 Å². The van der Waals surface area contributed by atoms with Crippen LogP contribution in [0.4, 0.5) is 14.5 Å². The Balaban J connectivity index is 1.68. The minimum Gasteiger partial charge on any atom is -0.323 e. The molecule has 0 atom stereocenters. The van der Waals surface area contributed by atoms with Crippen LogP contribution in [0.2, 0.25) is 0 Å². The van der Waals surface area contributed by atoms with Gasteiger partial charge in [-0.1, -0.05) is 24.8 Å². The zero-order chi connectivity index (χ0) is 18.5. The average Bonchev–Trinajstić information content (AvgIpc) is 3.26. The van der Waals surface area contributed by atoms with E-state index in [1.807, 2.05) is 22.1 Å². The van der Waals surface area contributed by atoms with Crippen molar-refractivity contribution in [2.45, 2.75) is 25.0 Å². The SMILES string of the molecule is CCCn1c(SCC(=O)Nc2ccc(F)cc2F)nnc1-c1cccs1. The van der Waals surface area contributed by atoms with Crippen molar-refractivity contribution in [2.75, 3.05) is 11.1 Å². The molecule has 0 saturated carbocycles. The van der Waals surface area contributed by atoms with Crippen molar-refractivity contribution in [1.82, 2.24) is 14.8 Å². The van der Waals surface area contributed by atoms with Crippen molar-refractivity contribution in [3.05, 3.63) is 47.3 Å². The molecule has 2 aromatic heterocycles. The zero-order valence-corrected chi connectivity index (χ0v) is 15.5. The second-order valence-electron chi connectivity index (χ2n) is 5.40. The maximum atomic E-state index is 13.6. The maximum absolute atomic E-state index is 13.6. The van der Waals surface area contributed by atoms with Gasteiger partial charge in [-0.05, 0) is 30.0 Å². The second-order valence-corrected chi connectivity index (χ2v) is 7.29. The summed E-state index contributed by atoms with van der Waals surface area (Å²) >= 11 is 2.80. The van der Waals surface area contributed by atoms with Crippen LogP contribution in [0.25, 0.3) is 10.7 Å². The van der Waals surface area contributed by atoms with E-state index in [0.29, 0.717) is 5.16 Å². The van der Waals surface area contributed by atoms with Gasteiger partial charge in [0, 0.05) is 12.6 Å². The fourth-order valence-electron chi connectivity index (χ4n) is 2.32. The van der Waals surface area contributed by atoms with Crippen molar-refractivity contribution >= 4 is 34.7 Å². The standard InChI is InChI=1S/C17H16F2N4OS2/c1-2-7-23-16(14-4-3-8-25-14)21-22-17(23)26-10-15(24)20-13-6-5-11(18)9-12(13)19/h3-6,8-9H,2,7,10H2,1H3,(H,20,24). The number of hydrogen-bond donors (Lipinski definition) is 1. The van der Waals surface area contributed by atoms with Crippen LogP contribution in [0.3, 0.4) is 0 Å². The number of rotatable bonds is 7. The molecule has 0 aliphatic rings. The third-order valence-corrected chi connectivity index (χ3v) is 5.28. The molecule has 1 amide bonds. The maximum Gasteiger partial charge on any atom is 0.234 e. The summed E-state index contributed by atoms with van der Waals surface area (Å²) in [6.07, 6.45) is 0.900. The Kier molecular flexibility index (Phi) is 6.00. The van der Waals surface area contributed by atoms with Crippen LogP contribution in [-0.2, 0) is 11.3 Å². The average molecular weight is 394 g/mol. The number of carbonyl (C=O) groups excluding carboxylic acids is 1. The third-order valence-electron chi connectivity index (χ3n) is 3.44. The topological polar surface area (TPSA) is 59.8 Å². The predicted molar refractivity (Wildman–Crippen MR) is 99.3 cm³/mol. The minimum atomic E-state index is -0.808. The molecule has 9 heteroatoms. The lowest BCUT2D eigenvalue weighted by Gasteiger charge is -2.08. The number of carbonyl (C=O) groups is 1. The molecule has 26 heavy (non-hydrogen) atoms. The molecule has 3 rings (SSSR count). The number of thioether (sulfide) groups is 1. The number of nitrogens with zero attached hydrogens (tertiary/aromatic N) is 3. The van der Waals surface area contributed by atoms with Crippen molar-refractivity contribution in [3.8, 4) is 10.7 Å². The molecule has 136 valence electrons. The lowest BCUT2D eigenvalue weighted by atomic mass is 10.3.